The fourth-order valence-corrected chi connectivity index (χ4v) is 2.90. The molecule has 0 spiro atoms. The average molecular weight is 463 g/mol. The molecule has 0 fully saturated rings. The molecule has 2 aromatic rings. The lowest BCUT2D eigenvalue weighted by molar-refractivity contribution is -0.120. The van der Waals surface area contributed by atoms with Gasteiger partial charge in [-0.05, 0) is 48.2 Å². The lowest BCUT2D eigenvalue weighted by atomic mass is 10.1. The van der Waals surface area contributed by atoms with Crippen LogP contribution in [-0.2, 0) is 11.3 Å². The van der Waals surface area contributed by atoms with Crippen LogP contribution in [0.3, 0.4) is 0 Å². The summed E-state index contributed by atoms with van der Waals surface area (Å²) < 4.78 is 12.0. The highest BCUT2D eigenvalue weighted by molar-refractivity contribution is 9.10. The molecule has 0 aliphatic heterocycles. The maximum absolute atomic E-state index is 12.1. The molecule has 0 heterocycles. The number of nitrogens with one attached hydrogen (secondary N) is 2. The summed E-state index contributed by atoms with van der Waals surface area (Å²) >= 11 is 3.32. The molecule has 0 bridgehead atoms. The molecule has 2 aromatic carbocycles. The van der Waals surface area contributed by atoms with E-state index in [-0.39, 0.29) is 18.4 Å². The van der Waals surface area contributed by atoms with Crippen LogP contribution in [0.1, 0.15) is 36.2 Å². The fraction of sp³-hybridized carbons (Fsp3) is 0.364. The first-order chi connectivity index (χ1) is 13.9. The molecule has 29 heavy (non-hydrogen) atoms. The van der Waals surface area contributed by atoms with Gasteiger partial charge in [0.25, 0.3) is 5.91 Å². The number of amides is 2. The van der Waals surface area contributed by atoms with E-state index in [4.69, 9.17) is 9.47 Å². The Morgan fingerprint density at radius 1 is 1.07 bits per heavy atom. The van der Waals surface area contributed by atoms with Gasteiger partial charge in [-0.1, -0.05) is 41.9 Å². The summed E-state index contributed by atoms with van der Waals surface area (Å²) in [6.45, 7) is 5.15. The maximum atomic E-state index is 12.1. The minimum Gasteiger partial charge on any atom is -0.493 e. The molecule has 0 atom stereocenters. The van der Waals surface area contributed by atoms with Crippen molar-refractivity contribution in [3.05, 3.63) is 58.1 Å². The van der Waals surface area contributed by atoms with Crippen molar-refractivity contribution >= 4 is 27.7 Å². The Kier molecular flexibility index (Phi) is 8.99. The molecule has 2 amide bonds. The van der Waals surface area contributed by atoms with Gasteiger partial charge in [-0.25, -0.2) is 0 Å². The van der Waals surface area contributed by atoms with E-state index in [1.807, 2.05) is 24.3 Å². The van der Waals surface area contributed by atoms with E-state index < -0.39 is 0 Å². The summed E-state index contributed by atoms with van der Waals surface area (Å²) in [7, 11) is 1.59. The zero-order chi connectivity index (χ0) is 21.2. The number of rotatable bonds is 10. The molecule has 2 N–H and O–H groups in total. The SMILES string of the molecule is COc1cc(CNC(=O)CNC(=O)c2cccc(Br)c2)ccc1OCCC(C)C. The first-order valence-electron chi connectivity index (χ1n) is 9.49. The van der Waals surface area contributed by atoms with Crippen LogP contribution in [0.2, 0.25) is 0 Å². The largest absolute Gasteiger partial charge is 0.493 e. The summed E-state index contributed by atoms with van der Waals surface area (Å²) in [5.41, 5.74) is 1.37. The van der Waals surface area contributed by atoms with Crippen molar-refractivity contribution in [2.75, 3.05) is 20.3 Å². The van der Waals surface area contributed by atoms with Gasteiger partial charge in [-0.15, -0.1) is 0 Å². The number of hydrogen-bond donors (Lipinski definition) is 2. The third-order valence-corrected chi connectivity index (χ3v) is 4.66. The topological polar surface area (TPSA) is 76.7 Å². The van der Waals surface area contributed by atoms with Gasteiger partial charge in [-0.3, -0.25) is 9.59 Å². The van der Waals surface area contributed by atoms with E-state index in [1.165, 1.54) is 0 Å². The minimum absolute atomic E-state index is 0.0983. The number of benzene rings is 2. The van der Waals surface area contributed by atoms with Gasteiger partial charge in [0.1, 0.15) is 0 Å². The third kappa shape index (κ3) is 7.77. The molecule has 7 heteroatoms. The molecule has 2 rings (SSSR count). The van der Waals surface area contributed by atoms with Gasteiger partial charge in [0.15, 0.2) is 11.5 Å². The summed E-state index contributed by atoms with van der Waals surface area (Å²) in [5.74, 6) is 1.31. The molecule has 0 aromatic heterocycles. The normalized spacial score (nSPS) is 10.5. The van der Waals surface area contributed by atoms with E-state index in [2.05, 4.69) is 40.4 Å². The quantitative estimate of drug-likeness (QED) is 0.560. The maximum Gasteiger partial charge on any atom is 0.251 e. The second-order valence-electron chi connectivity index (χ2n) is 6.99. The Labute approximate surface area is 180 Å². The van der Waals surface area contributed by atoms with E-state index >= 15 is 0 Å². The van der Waals surface area contributed by atoms with Gasteiger partial charge < -0.3 is 20.1 Å². The molecule has 0 saturated carbocycles. The van der Waals surface area contributed by atoms with Crippen molar-refractivity contribution in [3.8, 4) is 11.5 Å². The van der Waals surface area contributed by atoms with Crippen LogP contribution in [0, 0.1) is 5.92 Å². The van der Waals surface area contributed by atoms with Crippen molar-refractivity contribution in [1.29, 1.82) is 0 Å². The first-order valence-corrected chi connectivity index (χ1v) is 10.3. The third-order valence-electron chi connectivity index (χ3n) is 4.17. The van der Waals surface area contributed by atoms with Crippen LogP contribution in [-0.4, -0.2) is 32.1 Å². The fourth-order valence-electron chi connectivity index (χ4n) is 2.50. The minimum atomic E-state index is -0.300. The number of hydrogen-bond acceptors (Lipinski definition) is 4. The molecule has 0 radical (unpaired) electrons. The molecular formula is C22H27BrN2O4. The zero-order valence-corrected chi connectivity index (χ0v) is 18.5. The number of halogens is 1. The summed E-state index contributed by atoms with van der Waals surface area (Å²) in [5, 5.41) is 5.40. The van der Waals surface area contributed by atoms with E-state index in [9.17, 15) is 9.59 Å². The Balaban J connectivity index is 1.82. The van der Waals surface area contributed by atoms with Crippen molar-refractivity contribution in [3.63, 3.8) is 0 Å². The molecular weight excluding hydrogens is 436 g/mol. The summed E-state index contributed by atoms with van der Waals surface area (Å²) in [6.07, 6.45) is 0.965. The average Bonchev–Trinajstić information content (AvgIpc) is 2.70. The van der Waals surface area contributed by atoms with Crippen molar-refractivity contribution in [2.24, 2.45) is 5.92 Å². The van der Waals surface area contributed by atoms with Crippen LogP contribution in [0.4, 0.5) is 0 Å². The molecule has 0 saturated heterocycles. The van der Waals surface area contributed by atoms with Gasteiger partial charge in [0.2, 0.25) is 5.91 Å². The van der Waals surface area contributed by atoms with Crippen LogP contribution >= 0.6 is 15.9 Å². The Morgan fingerprint density at radius 2 is 1.86 bits per heavy atom. The van der Waals surface area contributed by atoms with Gasteiger partial charge in [-0.2, -0.15) is 0 Å². The molecule has 0 unspecified atom stereocenters. The highest BCUT2D eigenvalue weighted by Crippen LogP contribution is 2.28. The van der Waals surface area contributed by atoms with Gasteiger partial charge in [0, 0.05) is 16.6 Å². The Hall–Kier alpha value is -2.54. The van der Waals surface area contributed by atoms with E-state index in [1.54, 1.807) is 25.3 Å². The smallest absolute Gasteiger partial charge is 0.251 e. The van der Waals surface area contributed by atoms with Crippen LogP contribution in [0.25, 0.3) is 0 Å². The Morgan fingerprint density at radius 3 is 2.55 bits per heavy atom. The predicted molar refractivity (Wildman–Crippen MR) is 116 cm³/mol. The summed E-state index contributed by atoms with van der Waals surface area (Å²) in [6, 6.07) is 12.6. The zero-order valence-electron chi connectivity index (χ0n) is 17.0. The van der Waals surface area contributed by atoms with Crippen molar-refractivity contribution in [1.82, 2.24) is 10.6 Å². The number of carbonyl (C=O) groups excluding carboxylic acids is 2. The Bertz CT molecular complexity index is 839. The molecule has 0 aliphatic carbocycles. The lowest BCUT2D eigenvalue weighted by Gasteiger charge is -2.13. The second-order valence-corrected chi connectivity index (χ2v) is 7.90. The number of ether oxygens (including phenoxy) is 2. The monoisotopic (exact) mass is 462 g/mol. The van der Waals surface area contributed by atoms with Gasteiger partial charge >= 0.3 is 0 Å². The van der Waals surface area contributed by atoms with E-state index in [0.717, 1.165) is 16.5 Å². The highest BCUT2D eigenvalue weighted by Gasteiger charge is 2.10. The predicted octanol–water partition coefficient (Wildman–Crippen LogP) is 3.93. The van der Waals surface area contributed by atoms with Crippen LogP contribution in [0.5, 0.6) is 11.5 Å². The van der Waals surface area contributed by atoms with Crippen LogP contribution in [0.15, 0.2) is 46.9 Å². The van der Waals surface area contributed by atoms with Crippen LogP contribution < -0.4 is 20.1 Å². The summed E-state index contributed by atoms with van der Waals surface area (Å²) in [4.78, 5) is 24.1. The standard InChI is InChI=1S/C22H27BrN2O4/c1-15(2)9-10-29-19-8-7-16(11-20(19)28-3)13-24-21(26)14-25-22(27)17-5-4-6-18(23)12-17/h4-8,11-12,15H,9-10,13-14H2,1-3H3,(H,24,26)(H,25,27). The molecule has 0 aliphatic rings. The second kappa shape index (κ2) is 11.5. The van der Waals surface area contributed by atoms with Gasteiger partial charge in [0.05, 0.1) is 20.3 Å². The van der Waals surface area contributed by atoms with E-state index in [0.29, 0.717) is 36.1 Å². The molecule has 156 valence electrons. The lowest BCUT2D eigenvalue weighted by Crippen LogP contribution is -2.36. The number of methoxy groups -OCH3 is 1. The number of carbonyl (C=O) groups is 2. The molecule has 6 nitrogen and oxygen atoms in total. The first kappa shape index (κ1) is 22.7. The highest BCUT2D eigenvalue weighted by atomic mass is 79.9. The van der Waals surface area contributed by atoms with Crippen molar-refractivity contribution in [2.45, 2.75) is 26.8 Å². The van der Waals surface area contributed by atoms with Crippen molar-refractivity contribution < 1.29 is 19.1 Å².